The van der Waals surface area contributed by atoms with Crippen LogP contribution in [0.25, 0.3) is 5.57 Å². The molecule has 0 N–H and O–H groups in total. The van der Waals surface area contributed by atoms with Crippen LogP contribution >= 0.6 is 11.6 Å². The number of nitrogens with zero attached hydrogens (tertiary/aromatic N) is 1. The van der Waals surface area contributed by atoms with Gasteiger partial charge >= 0.3 is 5.97 Å². The number of rotatable bonds is 7. The fraction of sp³-hybridized carbons (Fsp3) is 0.238. The number of hydrogen-bond acceptors (Lipinski definition) is 6. The van der Waals surface area contributed by atoms with E-state index in [1.165, 1.54) is 0 Å². The number of fused-ring (bicyclic) bond motifs is 1. The van der Waals surface area contributed by atoms with Crippen molar-refractivity contribution >= 4 is 28.9 Å². The Morgan fingerprint density at radius 3 is 2.52 bits per heavy atom. The van der Waals surface area contributed by atoms with E-state index < -0.39 is 17.0 Å². The lowest BCUT2D eigenvalue weighted by Crippen LogP contribution is -2.32. The van der Waals surface area contributed by atoms with Crippen LogP contribution < -0.4 is 4.74 Å². The van der Waals surface area contributed by atoms with Gasteiger partial charge in [-0.2, -0.15) is 0 Å². The number of carbonyl (C=O) groups excluding carboxylic acids is 2. The number of esters is 1. The second-order valence-electron chi connectivity index (χ2n) is 6.34. The molecule has 1 heterocycles. The zero-order valence-electron chi connectivity index (χ0n) is 15.6. The van der Waals surface area contributed by atoms with E-state index in [2.05, 4.69) is 0 Å². The molecule has 2 aromatic rings. The standard InChI is InChI=1S/C21H18ClNO6/c1-2-28-20(25)12-19-21(23(26)27)16(15-5-3-4-6-18(15)29-19)11-17(24)13-7-9-14(22)10-8-13/h3-10,19H,2,11-12H2,1H3/t19-/m0/s1. The van der Waals surface area contributed by atoms with Crippen molar-refractivity contribution < 1.29 is 24.0 Å². The summed E-state index contributed by atoms with van der Waals surface area (Å²) in [6, 6.07) is 13.0. The van der Waals surface area contributed by atoms with Gasteiger partial charge in [0.1, 0.15) is 5.75 Å². The third-order valence-corrected chi connectivity index (χ3v) is 4.71. The highest BCUT2D eigenvalue weighted by Crippen LogP contribution is 2.39. The molecule has 1 aliphatic rings. The number of para-hydroxylation sites is 1. The number of benzene rings is 2. The van der Waals surface area contributed by atoms with Crippen LogP contribution in [0.5, 0.6) is 5.75 Å². The van der Waals surface area contributed by atoms with Gasteiger partial charge in [0.15, 0.2) is 11.9 Å². The van der Waals surface area contributed by atoms with E-state index in [1.807, 2.05) is 0 Å². The monoisotopic (exact) mass is 415 g/mol. The van der Waals surface area contributed by atoms with Gasteiger partial charge < -0.3 is 9.47 Å². The maximum Gasteiger partial charge on any atom is 0.310 e. The number of Topliss-reactive ketones (excluding diaryl/α,β-unsaturated/α-hetero) is 1. The van der Waals surface area contributed by atoms with Gasteiger partial charge in [-0.15, -0.1) is 0 Å². The molecular formula is C21H18ClNO6. The Morgan fingerprint density at radius 1 is 1.17 bits per heavy atom. The maximum absolute atomic E-state index is 12.8. The summed E-state index contributed by atoms with van der Waals surface area (Å²) in [5.41, 5.74) is 0.766. The summed E-state index contributed by atoms with van der Waals surface area (Å²) in [4.78, 5) is 36.0. The van der Waals surface area contributed by atoms with Crippen molar-refractivity contribution in [3.8, 4) is 5.75 Å². The molecule has 0 radical (unpaired) electrons. The van der Waals surface area contributed by atoms with Crippen LogP contribution in [-0.2, 0) is 9.53 Å². The fourth-order valence-corrected chi connectivity index (χ4v) is 3.31. The van der Waals surface area contributed by atoms with Crippen LogP contribution in [0.3, 0.4) is 0 Å². The predicted octanol–water partition coefficient (Wildman–Crippen LogP) is 4.32. The normalized spacial score (nSPS) is 15.3. The van der Waals surface area contributed by atoms with Crippen molar-refractivity contribution in [2.75, 3.05) is 6.61 Å². The summed E-state index contributed by atoms with van der Waals surface area (Å²) in [6.45, 7) is 1.80. The average Bonchev–Trinajstić information content (AvgIpc) is 2.68. The molecule has 3 rings (SSSR count). The lowest BCUT2D eigenvalue weighted by Gasteiger charge is -2.25. The molecule has 0 spiro atoms. The Bertz CT molecular complexity index is 983. The van der Waals surface area contributed by atoms with Gasteiger partial charge in [-0.05, 0) is 37.3 Å². The topological polar surface area (TPSA) is 95.7 Å². The van der Waals surface area contributed by atoms with Gasteiger partial charge in [-0.3, -0.25) is 19.7 Å². The van der Waals surface area contributed by atoms with Crippen LogP contribution in [0.2, 0.25) is 5.02 Å². The van der Waals surface area contributed by atoms with Crippen LogP contribution in [-0.4, -0.2) is 29.4 Å². The summed E-state index contributed by atoms with van der Waals surface area (Å²) >= 11 is 5.86. The molecule has 29 heavy (non-hydrogen) atoms. The molecule has 150 valence electrons. The van der Waals surface area contributed by atoms with Crippen LogP contribution in [0.15, 0.2) is 54.2 Å². The Hall–Kier alpha value is -3.19. The number of halogens is 1. The lowest BCUT2D eigenvalue weighted by molar-refractivity contribution is -0.434. The third-order valence-electron chi connectivity index (χ3n) is 4.45. The Labute approximate surface area is 172 Å². The predicted molar refractivity (Wildman–Crippen MR) is 106 cm³/mol. The van der Waals surface area contributed by atoms with Gasteiger partial charge in [0.2, 0.25) is 0 Å². The van der Waals surface area contributed by atoms with Gasteiger partial charge in [-0.25, -0.2) is 0 Å². The molecule has 1 aliphatic heterocycles. The van der Waals surface area contributed by atoms with E-state index in [0.717, 1.165) is 0 Å². The van der Waals surface area contributed by atoms with Gasteiger partial charge in [0.25, 0.3) is 5.70 Å². The number of hydrogen-bond donors (Lipinski definition) is 0. The molecule has 8 heteroatoms. The van der Waals surface area contributed by atoms with E-state index >= 15 is 0 Å². The Kier molecular flexibility index (Phi) is 6.29. The molecule has 0 aromatic heterocycles. The lowest BCUT2D eigenvalue weighted by atomic mass is 9.91. The first-order chi connectivity index (χ1) is 13.9. The van der Waals surface area contributed by atoms with Gasteiger partial charge in [0.05, 0.1) is 18.0 Å². The zero-order valence-corrected chi connectivity index (χ0v) is 16.3. The second kappa shape index (κ2) is 8.87. The van der Waals surface area contributed by atoms with Crippen molar-refractivity contribution in [1.29, 1.82) is 0 Å². The minimum Gasteiger partial charge on any atom is -0.478 e. The quantitative estimate of drug-likeness (QED) is 0.289. The van der Waals surface area contributed by atoms with E-state index in [4.69, 9.17) is 21.1 Å². The Balaban J connectivity index is 2.03. The largest absolute Gasteiger partial charge is 0.478 e. The Morgan fingerprint density at radius 2 is 1.86 bits per heavy atom. The smallest absolute Gasteiger partial charge is 0.310 e. The summed E-state index contributed by atoms with van der Waals surface area (Å²) in [5, 5.41) is 12.4. The van der Waals surface area contributed by atoms with Crippen molar-refractivity contribution in [1.82, 2.24) is 0 Å². The van der Waals surface area contributed by atoms with E-state index in [0.29, 0.717) is 21.9 Å². The highest BCUT2D eigenvalue weighted by Gasteiger charge is 2.39. The van der Waals surface area contributed by atoms with Crippen LogP contribution in [0.4, 0.5) is 0 Å². The second-order valence-corrected chi connectivity index (χ2v) is 6.78. The molecule has 0 saturated heterocycles. The summed E-state index contributed by atoms with van der Waals surface area (Å²) < 4.78 is 10.6. The first-order valence-electron chi connectivity index (χ1n) is 8.98. The summed E-state index contributed by atoms with van der Waals surface area (Å²) in [7, 11) is 0. The molecule has 1 atom stereocenters. The number of ketones is 1. The highest BCUT2D eigenvalue weighted by molar-refractivity contribution is 6.30. The average molecular weight is 416 g/mol. The number of nitro groups is 1. The molecule has 0 bridgehead atoms. The number of ether oxygens (including phenoxy) is 2. The summed E-state index contributed by atoms with van der Waals surface area (Å²) in [5.74, 6) is -0.534. The molecule has 2 aromatic carbocycles. The minimum atomic E-state index is -1.15. The van der Waals surface area contributed by atoms with Crippen molar-refractivity contribution in [3.05, 3.63) is 80.5 Å². The van der Waals surface area contributed by atoms with E-state index in [-0.39, 0.29) is 36.5 Å². The molecule has 0 fully saturated rings. The van der Waals surface area contributed by atoms with Crippen molar-refractivity contribution in [2.24, 2.45) is 0 Å². The molecule has 0 unspecified atom stereocenters. The molecule has 0 aliphatic carbocycles. The highest BCUT2D eigenvalue weighted by atomic mass is 35.5. The van der Waals surface area contributed by atoms with E-state index in [9.17, 15) is 19.7 Å². The first kappa shape index (κ1) is 20.5. The molecule has 7 nitrogen and oxygen atoms in total. The number of allylic oxidation sites excluding steroid dienone is 1. The zero-order chi connectivity index (χ0) is 21.0. The van der Waals surface area contributed by atoms with Crippen molar-refractivity contribution in [2.45, 2.75) is 25.9 Å². The van der Waals surface area contributed by atoms with Crippen molar-refractivity contribution in [3.63, 3.8) is 0 Å². The SMILES string of the molecule is CCOC(=O)C[C@@H]1Oc2ccccc2C(CC(=O)c2ccc(Cl)cc2)=C1[N+](=O)[O-]. The van der Waals surface area contributed by atoms with Crippen LogP contribution in [0, 0.1) is 10.1 Å². The molecule has 0 amide bonds. The van der Waals surface area contributed by atoms with Gasteiger partial charge in [-0.1, -0.05) is 29.8 Å². The van der Waals surface area contributed by atoms with E-state index in [1.54, 1.807) is 55.5 Å². The fourth-order valence-electron chi connectivity index (χ4n) is 3.18. The third kappa shape index (κ3) is 4.63. The minimum absolute atomic E-state index is 0.154. The van der Waals surface area contributed by atoms with Gasteiger partial charge in [0, 0.05) is 28.1 Å². The first-order valence-corrected chi connectivity index (χ1v) is 9.36. The number of carbonyl (C=O) groups is 2. The maximum atomic E-state index is 12.8. The van der Waals surface area contributed by atoms with Crippen LogP contribution in [0.1, 0.15) is 35.7 Å². The summed E-state index contributed by atoms with van der Waals surface area (Å²) in [6.07, 6.45) is -1.68. The molecular weight excluding hydrogens is 398 g/mol. The molecule has 0 saturated carbocycles.